The molecule has 0 amide bonds. The van der Waals surface area contributed by atoms with E-state index in [0.29, 0.717) is 54.6 Å². The van der Waals surface area contributed by atoms with E-state index in [9.17, 15) is 52.7 Å². The van der Waals surface area contributed by atoms with Gasteiger partial charge < -0.3 is 21.3 Å². The van der Waals surface area contributed by atoms with Crippen molar-refractivity contribution < 1.29 is 52.7 Å². The summed E-state index contributed by atoms with van der Waals surface area (Å²) in [5, 5.41) is 12.0. The van der Waals surface area contributed by atoms with E-state index in [2.05, 4.69) is 38.0 Å². The lowest BCUT2D eigenvalue weighted by Gasteiger charge is -2.52. The molecule has 0 saturated carbocycles. The first-order valence-corrected chi connectivity index (χ1v) is 21.9. The molecule has 3 aromatic carbocycles. The van der Waals surface area contributed by atoms with Crippen LogP contribution in [0.25, 0.3) is 10.9 Å². The number of halogens is 12. The summed E-state index contributed by atoms with van der Waals surface area (Å²) in [4.78, 5) is 9.32. The molecule has 6 fully saturated rings. The van der Waals surface area contributed by atoms with Gasteiger partial charge in [0.25, 0.3) is 0 Å². The largest absolute Gasteiger partial charge is 0.416 e. The van der Waals surface area contributed by atoms with Crippen molar-refractivity contribution in [3.8, 4) is 0 Å². The Morgan fingerprint density at radius 2 is 1.23 bits per heavy atom. The summed E-state index contributed by atoms with van der Waals surface area (Å²) in [7, 11) is 0. The standard InChI is InChI=1S/C44H43F12N7S2/c1-2-22-20-62-9-6-23(22)12-37(62)38(61-40(65)59-31-18-28(43(51,52)53)15-29(19-31)44(54,55)56)33-5-8-57-34-11-25(3-4-32(33)34)36-13-24-7-10-63(36)21-35(24)60-39(64)58-30-16-26(41(45,46)47)14-27(17-30)42(48,49)50/h3-5,8,11,14-19,22-24,35-38H,2,6-7,9-10,12-13,20-21H2,1H3,(H2,58,60,64)(H2,59,61,65)/t22?,23?,24?,35?,36?,37?,38-/m1/s1. The van der Waals surface area contributed by atoms with Crippen molar-refractivity contribution in [1.82, 2.24) is 25.4 Å². The van der Waals surface area contributed by atoms with E-state index in [4.69, 9.17) is 29.4 Å². The highest BCUT2D eigenvalue weighted by Crippen LogP contribution is 2.46. The van der Waals surface area contributed by atoms with Crippen LogP contribution in [0.5, 0.6) is 0 Å². The predicted molar refractivity (Wildman–Crippen MR) is 229 cm³/mol. The highest BCUT2D eigenvalue weighted by atomic mass is 32.1. The first-order valence-electron chi connectivity index (χ1n) is 21.0. The summed E-state index contributed by atoms with van der Waals surface area (Å²) in [5.74, 6) is 0.957. The molecule has 65 heavy (non-hydrogen) atoms. The van der Waals surface area contributed by atoms with Crippen LogP contribution in [0.3, 0.4) is 0 Å². The Morgan fingerprint density at radius 3 is 1.74 bits per heavy atom. The lowest BCUT2D eigenvalue weighted by Crippen LogP contribution is -2.58. The van der Waals surface area contributed by atoms with Gasteiger partial charge in [0.2, 0.25) is 0 Å². The van der Waals surface area contributed by atoms with Crippen molar-refractivity contribution in [2.45, 2.75) is 87.9 Å². The zero-order valence-electron chi connectivity index (χ0n) is 34.4. The number of nitrogens with zero attached hydrogens (tertiary/aromatic N) is 3. The zero-order valence-corrected chi connectivity index (χ0v) is 36.1. The van der Waals surface area contributed by atoms with Crippen LogP contribution in [-0.4, -0.2) is 63.3 Å². The minimum Gasteiger partial charge on any atom is -0.358 e. The number of nitrogens with one attached hydrogen (secondary N) is 4. The number of hydrogen-bond acceptors (Lipinski definition) is 5. The third-order valence-electron chi connectivity index (χ3n) is 13.4. The normalized spacial score (nSPS) is 26.2. The topological polar surface area (TPSA) is 67.5 Å². The minimum atomic E-state index is -5.04. The second kappa shape index (κ2) is 17.6. The molecule has 9 atom stereocenters. The van der Waals surface area contributed by atoms with Crippen LogP contribution >= 0.6 is 24.4 Å². The zero-order chi connectivity index (χ0) is 46.8. The molecule has 4 N–H and O–H groups in total. The molecule has 0 spiro atoms. The van der Waals surface area contributed by atoms with Gasteiger partial charge in [-0.25, -0.2) is 0 Å². The molecule has 0 aliphatic carbocycles. The van der Waals surface area contributed by atoms with Gasteiger partial charge in [-0.15, -0.1) is 0 Å². The molecule has 0 radical (unpaired) electrons. The molecule has 7 heterocycles. The Labute approximate surface area is 376 Å². The first-order chi connectivity index (χ1) is 30.4. The second-order valence-corrected chi connectivity index (χ2v) is 18.2. The molecule has 6 saturated heterocycles. The molecule has 1 aromatic heterocycles. The number of hydrogen-bond donors (Lipinski definition) is 4. The molecule has 4 aromatic rings. The monoisotopic (exact) mass is 961 g/mol. The predicted octanol–water partition coefficient (Wildman–Crippen LogP) is 11.6. The fourth-order valence-electron chi connectivity index (χ4n) is 10.3. The third kappa shape index (κ3) is 10.3. The lowest BCUT2D eigenvalue weighted by atomic mass is 9.72. The molecule has 8 unspecified atom stereocenters. The number of benzene rings is 3. The Kier molecular flexibility index (Phi) is 12.8. The van der Waals surface area contributed by atoms with Gasteiger partial charge >= 0.3 is 24.7 Å². The minimum absolute atomic E-state index is 0.0492. The number of anilines is 2. The number of piperidine rings is 6. The van der Waals surface area contributed by atoms with Gasteiger partial charge in [-0.3, -0.25) is 14.8 Å². The van der Waals surface area contributed by atoms with E-state index >= 15 is 0 Å². The van der Waals surface area contributed by atoms with E-state index in [1.165, 1.54) is 0 Å². The smallest absolute Gasteiger partial charge is 0.358 e. The van der Waals surface area contributed by atoms with Crippen LogP contribution < -0.4 is 21.3 Å². The summed E-state index contributed by atoms with van der Waals surface area (Å²) in [6.45, 7) is 5.02. The van der Waals surface area contributed by atoms with Crippen molar-refractivity contribution >= 4 is 56.9 Å². The number of fused-ring (bicyclic) bond motifs is 7. The van der Waals surface area contributed by atoms with Gasteiger partial charge in [-0.2, -0.15) is 52.7 Å². The lowest BCUT2D eigenvalue weighted by molar-refractivity contribution is -0.144. The quantitative estimate of drug-likeness (QED) is 0.102. The average molecular weight is 962 g/mol. The summed E-state index contributed by atoms with van der Waals surface area (Å²) >= 11 is 11.0. The van der Waals surface area contributed by atoms with Crippen LogP contribution in [0.15, 0.2) is 66.9 Å². The Hall–Kier alpha value is -4.47. The van der Waals surface area contributed by atoms with E-state index in [0.717, 1.165) is 61.8 Å². The van der Waals surface area contributed by atoms with Gasteiger partial charge in [0, 0.05) is 54.2 Å². The fraction of sp³-hybridized carbons (Fsp3) is 0.477. The van der Waals surface area contributed by atoms with Gasteiger partial charge in [-0.05, 0) is 141 Å². The van der Waals surface area contributed by atoms with Crippen LogP contribution in [0.2, 0.25) is 0 Å². The van der Waals surface area contributed by atoms with E-state index < -0.39 is 64.4 Å². The van der Waals surface area contributed by atoms with Crippen molar-refractivity contribution in [2.24, 2.45) is 17.8 Å². The summed E-state index contributed by atoms with van der Waals surface area (Å²) in [6, 6.07) is 9.29. The fourth-order valence-corrected chi connectivity index (χ4v) is 10.8. The number of rotatable bonds is 8. The van der Waals surface area contributed by atoms with Gasteiger partial charge in [0.15, 0.2) is 10.2 Å². The molecule has 6 aliphatic heterocycles. The number of alkyl halides is 12. The molecular weight excluding hydrogens is 919 g/mol. The van der Waals surface area contributed by atoms with Crippen molar-refractivity contribution in [3.63, 3.8) is 0 Å². The molecule has 7 nitrogen and oxygen atoms in total. The maximum Gasteiger partial charge on any atom is 0.416 e. The summed E-state index contributed by atoms with van der Waals surface area (Å²) in [6.07, 6.45) is -14.2. The van der Waals surface area contributed by atoms with Crippen molar-refractivity contribution in [3.05, 3.63) is 100 Å². The molecule has 21 heteroatoms. The molecule has 350 valence electrons. The Bertz CT molecular complexity index is 2370. The number of pyridine rings is 1. The highest BCUT2D eigenvalue weighted by molar-refractivity contribution is 7.80. The van der Waals surface area contributed by atoms with E-state index in [1.54, 1.807) is 6.20 Å². The maximum absolute atomic E-state index is 13.7. The third-order valence-corrected chi connectivity index (χ3v) is 13.9. The Balaban J connectivity index is 1.02. The van der Waals surface area contributed by atoms with Gasteiger partial charge in [0.1, 0.15) is 0 Å². The molecule has 10 rings (SSSR count). The SMILES string of the molecule is CCC1CN2CCC1CC2[C@H](NC(=S)Nc1cc(C(F)(F)F)cc(C(F)(F)F)c1)c1ccnc2cc(C3CC4CCN3CC4NC(=S)Nc3cc(C(F)(F)F)cc(C(F)(F)F)c3)ccc12. The molecule has 4 bridgehead atoms. The number of aromatic nitrogens is 1. The Morgan fingerprint density at radius 1 is 0.677 bits per heavy atom. The second-order valence-electron chi connectivity index (χ2n) is 17.4. The van der Waals surface area contributed by atoms with Crippen LogP contribution in [-0.2, 0) is 24.7 Å². The van der Waals surface area contributed by atoms with Crippen molar-refractivity contribution in [1.29, 1.82) is 0 Å². The van der Waals surface area contributed by atoms with E-state index in [1.807, 2.05) is 24.3 Å². The molecular formula is C44H43F12N7S2. The van der Waals surface area contributed by atoms with Crippen LogP contribution in [0.4, 0.5) is 64.1 Å². The average Bonchev–Trinajstić information content (AvgIpc) is 3.24. The maximum atomic E-state index is 13.7. The van der Waals surface area contributed by atoms with Crippen molar-refractivity contribution in [2.75, 3.05) is 36.8 Å². The van der Waals surface area contributed by atoms with Crippen LogP contribution in [0.1, 0.15) is 84.5 Å². The van der Waals surface area contributed by atoms with Gasteiger partial charge in [-0.1, -0.05) is 25.5 Å². The first kappa shape index (κ1) is 47.0. The van der Waals surface area contributed by atoms with Crippen LogP contribution in [0, 0.1) is 17.8 Å². The summed E-state index contributed by atoms with van der Waals surface area (Å²) in [5.41, 5.74) is -4.36. The molecule has 6 aliphatic rings. The van der Waals surface area contributed by atoms with E-state index in [-0.39, 0.29) is 46.4 Å². The van der Waals surface area contributed by atoms with Gasteiger partial charge in [0.05, 0.1) is 33.8 Å². The number of thiocarbonyl (C=S) groups is 2. The summed E-state index contributed by atoms with van der Waals surface area (Å²) < 4.78 is 163. The highest BCUT2D eigenvalue weighted by Gasteiger charge is 2.45.